The van der Waals surface area contributed by atoms with Crippen molar-refractivity contribution in [1.82, 2.24) is 9.97 Å². The zero-order valence-corrected chi connectivity index (χ0v) is 6.34. The third-order valence-electron chi connectivity index (χ3n) is 1.05. The summed E-state index contributed by atoms with van der Waals surface area (Å²) in [6.45, 7) is 1.80. The van der Waals surface area contributed by atoms with Gasteiger partial charge in [-0.2, -0.15) is 0 Å². The molecule has 1 rings (SSSR count). The van der Waals surface area contributed by atoms with E-state index in [0.717, 1.165) is 0 Å². The van der Waals surface area contributed by atoms with Crippen molar-refractivity contribution in [3.05, 3.63) is 18.1 Å². The minimum atomic E-state index is -0.177. The molecular weight excluding hydrogens is 150 g/mol. The SMILES string of the molecule is C[C@@H](Cl)c1nccc(N)n1. The van der Waals surface area contributed by atoms with E-state index < -0.39 is 0 Å². The topological polar surface area (TPSA) is 51.8 Å². The summed E-state index contributed by atoms with van der Waals surface area (Å²) in [6, 6.07) is 1.63. The normalized spacial score (nSPS) is 13.0. The molecule has 0 saturated carbocycles. The maximum Gasteiger partial charge on any atom is 0.148 e. The van der Waals surface area contributed by atoms with E-state index >= 15 is 0 Å². The molecule has 1 atom stereocenters. The Morgan fingerprint density at radius 3 is 2.80 bits per heavy atom. The summed E-state index contributed by atoms with van der Waals surface area (Å²) in [5.41, 5.74) is 5.39. The van der Waals surface area contributed by atoms with Crippen LogP contribution in [-0.2, 0) is 0 Å². The summed E-state index contributed by atoms with van der Waals surface area (Å²) in [6.07, 6.45) is 1.59. The number of hydrogen-bond donors (Lipinski definition) is 1. The van der Waals surface area contributed by atoms with E-state index in [-0.39, 0.29) is 5.38 Å². The number of nitrogens with zero attached hydrogens (tertiary/aromatic N) is 2. The van der Waals surface area contributed by atoms with Gasteiger partial charge >= 0.3 is 0 Å². The van der Waals surface area contributed by atoms with Gasteiger partial charge in [-0.05, 0) is 13.0 Å². The molecule has 0 aliphatic carbocycles. The van der Waals surface area contributed by atoms with E-state index in [4.69, 9.17) is 17.3 Å². The first-order valence-corrected chi connectivity index (χ1v) is 3.36. The van der Waals surface area contributed by atoms with E-state index in [0.29, 0.717) is 11.6 Å². The van der Waals surface area contributed by atoms with Crippen LogP contribution >= 0.6 is 11.6 Å². The van der Waals surface area contributed by atoms with Gasteiger partial charge in [-0.1, -0.05) is 0 Å². The average Bonchev–Trinajstić information content (AvgIpc) is 1.88. The molecule has 0 unspecified atom stereocenters. The van der Waals surface area contributed by atoms with Crippen molar-refractivity contribution in [3.8, 4) is 0 Å². The minimum absolute atomic E-state index is 0.177. The van der Waals surface area contributed by atoms with Gasteiger partial charge in [0.05, 0.1) is 5.38 Å². The number of halogens is 1. The van der Waals surface area contributed by atoms with E-state index in [1.165, 1.54) is 0 Å². The number of aromatic nitrogens is 2. The van der Waals surface area contributed by atoms with Crippen molar-refractivity contribution in [1.29, 1.82) is 0 Å². The Kier molecular flexibility index (Phi) is 2.06. The highest BCUT2D eigenvalue weighted by atomic mass is 35.5. The van der Waals surface area contributed by atoms with Crippen LogP contribution in [0, 0.1) is 0 Å². The van der Waals surface area contributed by atoms with Gasteiger partial charge in [0, 0.05) is 6.20 Å². The maximum atomic E-state index is 5.69. The number of hydrogen-bond acceptors (Lipinski definition) is 3. The monoisotopic (exact) mass is 157 g/mol. The van der Waals surface area contributed by atoms with Crippen LogP contribution in [-0.4, -0.2) is 9.97 Å². The molecule has 10 heavy (non-hydrogen) atoms. The van der Waals surface area contributed by atoms with Gasteiger partial charge in [-0.25, -0.2) is 9.97 Å². The van der Waals surface area contributed by atoms with E-state index in [2.05, 4.69) is 9.97 Å². The van der Waals surface area contributed by atoms with Crippen LogP contribution in [0.1, 0.15) is 18.1 Å². The zero-order valence-electron chi connectivity index (χ0n) is 5.58. The largest absolute Gasteiger partial charge is 0.384 e. The molecule has 0 radical (unpaired) electrons. The Bertz CT molecular complexity index is 224. The lowest BCUT2D eigenvalue weighted by molar-refractivity contribution is 0.915. The predicted molar refractivity (Wildman–Crippen MR) is 40.7 cm³/mol. The summed E-state index contributed by atoms with van der Waals surface area (Å²) in [4.78, 5) is 7.82. The average molecular weight is 158 g/mol. The van der Waals surface area contributed by atoms with Crippen LogP contribution < -0.4 is 5.73 Å². The highest BCUT2D eigenvalue weighted by Gasteiger charge is 2.02. The van der Waals surface area contributed by atoms with Gasteiger partial charge in [0.2, 0.25) is 0 Å². The molecule has 4 heteroatoms. The zero-order chi connectivity index (χ0) is 7.56. The van der Waals surface area contributed by atoms with Crippen LogP contribution in [0.25, 0.3) is 0 Å². The lowest BCUT2D eigenvalue weighted by atomic mass is 10.4. The Morgan fingerprint density at radius 2 is 2.40 bits per heavy atom. The molecule has 0 aliphatic heterocycles. The molecule has 1 aromatic rings. The molecule has 3 nitrogen and oxygen atoms in total. The molecule has 54 valence electrons. The Hall–Kier alpha value is -0.830. The highest BCUT2D eigenvalue weighted by molar-refractivity contribution is 6.20. The van der Waals surface area contributed by atoms with E-state index in [1.54, 1.807) is 19.2 Å². The first-order valence-electron chi connectivity index (χ1n) is 2.92. The second kappa shape index (κ2) is 2.84. The first kappa shape index (κ1) is 7.28. The quantitative estimate of drug-likeness (QED) is 0.627. The Morgan fingerprint density at radius 1 is 1.70 bits per heavy atom. The summed E-state index contributed by atoms with van der Waals surface area (Å²) in [7, 11) is 0. The van der Waals surface area contributed by atoms with Crippen LogP contribution in [0.15, 0.2) is 12.3 Å². The van der Waals surface area contributed by atoms with Gasteiger partial charge in [-0.15, -0.1) is 11.6 Å². The summed E-state index contributed by atoms with van der Waals surface area (Å²) >= 11 is 5.69. The van der Waals surface area contributed by atoms with Gasteiger partial charge < -0.3 is 5.73 Å². The van der Waals surface area contributed by atoms with Crippen molar-refractivity contribution >= 4 is 17.4 Å². The molecule has 1 aromatic heterocycles. The second-order valence-electron chi connectivity index (χ2n) is 1.96. The van der Waals surface area contributed by atoms with Gasteiger partial charge in [0.1, 0.15) is 11.6 Å². The number of anilines is 1. The molecule has 0 fully saturated rings. The lowest BCUT2D eigenvalue weighted by Gasteiger charge is -1.99. The van der Waals surface area contributed by atoms with Gasteiger partial charge in [0.25, 0.3) is 0 Å². The van der Waals surface area contributed by atoms with E-state index in [1.807, 2.05) is 0 Å². The van der Waals surface area contributed by atoms with Crippen molar-refractivity contribution in [2.75, 3.05) is 5.73 Å². The molecule has 0 saturated heterocycles. The van der Waals surface area contributed by atoms with Crippen LogP contribution in [0.4, 0.5) is 5.82 Å². The minimum Gasteiger partial charge on any atom is -0.384 e. The Labute approximate surface area is 64.2 Å². The predicted octanol–water partition coefficient (Wildman–Crippen LogP) is 1.36. The highest BCUT2D eigenvalue weighted by Crippen LogP contribution is 2.14. The standard InChI is InChI=1S/C6H8ClN3/c1-4(7)6-9-3-2-5(8)10-6/h2-4H,1H3,(H2,8,9,10)/t4-/m1/s1. The van der Waals surface area contributed by atoms with Crippen molar-refractivity contribution in [2.45, 2.75) is 12.3 Å². The first-order chi connectivity index (χ1) is 4.70. The third kappa shape index (κ3) is 1.57. The number of rotatable bonds is 1. The summed E-state index contributed by atoms with van der Waals surface area (Å²) < 4.78 is 0. The molecule has 0 aliphatic rings. The fourth-order valence-electron chi connectivity index (χ4n) is 0.580. The second-order valence-corrected chi connectivity index (χ2v) is 2.61. The van der Waals surface area contributed by atoms with Crippen molar-refractivity contribution in [2.24, 2.45) is 0 Å². The molecule has 0 aromatic carbocycles. The number of alkyl halides is 1. The maximum absolute atomic E-state index is 5.69. The molecule has 1 heterocycles. The van der Waals surface area contributed by atoms with Gasteiger partial charge in [-0.3, -0.25) is 0 Å². The third-order valence-corrected chi connectivity index (χ3v) is 1.25. The fraction of sp³-hybridized carbons (Fsp3) is 0.333. The molecule has 2 N–H and O–H groups in total. The van der Waals surface area contributed by atoms with Crippen molar-refractivity contribution < 1.29 is 0 Å². The summed E-state index contributed by atoms with van der Waals surface area (Å²) in [5.74, 6) is 1.03. The van der Waals surface area contributed by atoms with Crippen molar-refractivity contribution in [3.63, 3.8) is 0 Å². The van der Waals surface area contributed by atoms with Gasteiger partial charge in [0.15, 0.2) is 0 Å². The number of nitrogens with two attached hydrogens (primary N) is 1. The fourth-order valence-corrected chi connectivity index (χ4v) is 0.685. The Balaban J connectivity index is 2.96. The molecule has 0 spiro atoms. The van der Waals surface area contributed by atoms with E-state index in [9.17, 15) is 0 Å². The van der Waals surface area contributed by atoms with Crippen LogP contribution in [0.3, 0.4) is 0 Å². The number of nitrogen functional groups attached to an aromatic ring is 1. The molecular formula is C6H8ClN3. The lowest BCUT2D eigenvalue weighted by Crippen LogP contribution is -1.98. The molecule has 0 amide bonds. The van der Waals surface area contributed by atoms with Crippen LogP contribution in [0.2, 0.25) is 0 Å². The summed E-state index contributed by atoms with van der Waals surface area (Å²) in [5, 5.41) is -0.177. The smallest absolute Gasteiger partial charge is 0.148 e. The molecule has 0 bridgehead atoms. The van der Waals surface area contributed by atoms with Crippen LogP contribution in [0.5, 0.6) is 0 Å².